The fourth-order valence-electron chi connectivity index (χ4n) is 2.20. The molecule has 3 heteroatoms. The van der Waals surface area contributed by atoms with Crippen LogP contribution in [0.1, 0.15) is 46.5 Å². The lowest BCUT2D eigenvalue weighted by molar-refractivity contribution is -0.143. The van der Waals surface area contributed by atoms with Gasteiger partial charge in [0.15, 0.2) is 0 Å². The summed E-state index contributed by atoms with van der Waals surface area (Å²) in [4.78, 5) is 10.8. The molecule has 0 spiro atoms. The van der Waals surface area contributed by atoms with Crippen molar-refractivity contribution in [2.75, 3.05) is 6.54 Å². The highest BCUT2D eigenvalue weighted by atomic mass is 16.4. The predicted octanol–water partition coefficient (Wildman–Crippen LogP) is 2.51. The van der Waals surface area contributed by atoms with Crippen molar-refractivity contribution in [3.63, 3.8) is 0 Å². The van der Waals surface area contributed by atoms with E-state index in [4.69, 9.17) is 5.11 Å². The van der Waals surface area contributed by atoms with Gasteiger partial charge in [-0.3, -0.25) is 4.79 Å². The number of carboxylic acids is 1. The molecule has 1 fully saturated rings. The molecule has 0 heterocycles. The summed E-state index contributed by atoms with van der Waals surface area (Å²) in [5.41, 5.74) is 0. The van der Waals surface area contributed by atoms with E-state index < -0.39 is 5.97 Å². The van der Waals surface area contributed by atoms with Crippen LogP contribution in [0.2, 0.25) is 0 Å². The number of rotatable bonds is 5. The molecule has 2 N–H and O–H groups in total. The van der Waals surface area contributed by atoms with Gasteiger partial charge < -0.3 is 10.4 Å². The molecule has 94 valence electrons. The molecule has 1 saturated carbocycles. The first-order valence-corrected chi connectivity index (χ1v) is 6.47. The molecule has 0 radical (unpaired) electrons. The lowest BCUT2D eigenvalue weighted by atomic mass is 9.82. The van der Waals surface area contributed by atoms with Crippen molar-refractivity contribution in [1.29, 1.82) is 0 Å². The van der Waals surface area contributed by atoms with Gasteiger partial charge in [0, 0.05) is 6.04 Å². The Balaban J connectivity index is 2.20. The number of carboxylic acid groups (broad SMARTS) is 1. The molecule has 0 bridgehead atoms. The minimum atomic E-state index is -0.609. The molecule has 1 atom stereocenters. The van der Waals surface area contributed by atoms with E-state index in [0.29, 0.717) is 17.9 Å². The largest absolute Gasteiger partial charge is 0.481 e. The third-order valence-corrected chi connectivity index (χ3v) is 3.92. The van der Waals surface area contributed by atoms with Gasteiger partial charge in [-0.15, -0.1) is 0 Å². The fraction of sp³-hybridized carbons (Fsp3) is 0.923. The van der Waals surface area contributed by atoms with E-state index in [0.717, 1.165) is 32.2 Å². The summed E-state index contributed by atoms with van der Waals surface area (Å²) in [5.74, 6) is 0.646. The van der Waals surface area contributed by atoms with Gasteiger partial charge in [0.05, 0.1) is 5.92 Å². The van der Waals surface area contributed by atoms with Gasteiger partial charge in [-0.05, 0) is 51.0 Å². The van der Waals surface area contributed by atoms with Crippen molar-refractivity contribution in [2.45, 2.75) is 52.5 Å². The van der Waals surface area contributed by atoms with E-state index in [9.17, 15) is 4.79 Å². The number of hydrogen-bond acceptors (Lipinski definition) is 2. The first kappa shape index (κ1) is 13.5. The topological polar surface area (TPSA) is 49.3 Å². The van der Waals surface area contributed by atoms with Crippen LogP contribution in [0.3, 0.4) is 0 Å². The van der Waals surface area contributed by atoms with Gasteiger partial charge >= 0.3 is 5.97 Å². The van der Waals surface area contributed by atoms with E-state index >= 15 is 0 Å². The van der Waals surface area contributed by atoms with Crippen molar-refractivity contribution < 1.29 is 9.90 Å². The molecule has 1 unspecified atom stereocenters. The summed E-state index contributed by atoms with van der Waals surface area (Å²) >= 11 is 0. The second-order valence-electron chi connectivity index (χ2n) is 5.50. The minimum absolute atomic E-state index is 0.0845. The molecule has 16 heavy (non-hydrogen) atoms. The number of carbonyl (C=O) groups is 1. The van der Waals surface area contributed by atoms with Crippen LogP contribution in [0.4, 0.5) is 0 Å². The molecule has 1 aliphatic rings. The Morgan fingerprint density at radius 2 is 1.81 bits per heavy atom. The Morgan fingerprint density at radius 1 is 1.25 bits per heavy atom. The fourth-order valence-corrected chi connectivity index (χ4v) is 2.20. The van der Waals surface area contributed by atoms with Gasteiger partial charge in [0.1, 0.15) is 0 Å². The van der Waals surface area contributed by atoms with Gasteiger partial charge in [-0.1, -0.05) is 13.8 Å². The predicted molar refractivity (Wildman–Crippen MR) is 65.4 cm³/mol. The second-order valence-corrected chi connectivity index (χ2v) is 5.50. The van der Waals surface area contributed by atoms with Crippen molar-refractivity contribution in [3.8, 4) is 0 Å². The Labute approximate surface area is 98.6 Å². The van der Waals surface area contributed by atoms with Gasteiger partial charge in [-0.2, -0.15) is 0 Å². The van der Waals surface area contributed by atoms with Gasteiger partial charge in [0.2, 0.25) is 0 Å². The van der Waals surface area contributed by atoms with Crippen LogP contribution >= 0.6 is 0 Å². The summed E-state index contributed by atoms with van der Waals surface area (Å²) in [6.07, 6.45) is 3.85. The number of nitrogens with one attached hydrogen (secondary N) is 1. The van der Waals surface area contributed by atoms with Crippen molar-refractivity contribution in [3.05, 3.63) is 0 Å². The lowest BCUT2D eigenvalue weighted by Crippen LogP contribution is -2.36. The van der Waals surface area contributed by atoms with Crippen LogP contribution in [-0.4, -0.2) is 23.7 Å². The molecule has 0 saturated heterocycles. The van der Waals surface area contributed by atoms with E-state index in [1.807, 2.05) is 0 Å². The summed E-state index contributed by atoms with van der Waals surface area (Å²) < 4.78 is 0. The van der Waals surface area contributed by atoms with Crippen LogP contribution < -0.4 is 5.32 Å². The highest BCUT2D eigenvalue weighted by Crippen LogP contribution is 2.28. The van der Waals surface area contributed by atoms with Crippen LogP contribution in [0.25, 0.3) is 0 Å². The summed E-state index contributed by atoms with van der Waals surface area (Å²) in [7, 11) is 0. The van der Waals surface area contributed by atoms with Crippen molar-refractivity contribution in [2.24, 2.45) is 17.8 Å². The van der Waals surface area contributed by atoms with E-state index in [1.165, 1.54) is 0 Å². The zero-order valence-electron chi connectivity index (χ0n) is 10.7. The Kier molecular flexibility index (Phi) is 5.26. The second kappa shape index (κ2) is 6.24. The first-order valence-electron chi connectivity index (χ1n) is 6.47. The zero-order chi connectivity index (χ0) is 12.1. The van der Waals surface area contributed by atoms with Crippen LogP contribution in [0.5, 0.6) is 0 Å². The van der Waals surface area contributed by atoms with E-state index in [2.05, 4.69) is 26.1 Å². The molecule has 1 aliphatic carbocycles. The minimum Gasteiger partial charge on any atom is -0.481 e. The van der Waals surface area contributed by atoms with Crippen LogP contribution in [-0.2, 0) is 4.79 Å². The molecular formula is C13H25NO2. The molecule has 3 nitrogen and oxygen atoms in total. The van der Waals surface area contributed by atoms with Crippen molar-refractivity contribution >= 4 is 5.97 Å². The van der Waals surface area contributed by atoms with E-state index in [1.54, 1.807) is 0 Å². The summed E-state index contributed by atoms with van der Waals surface area (Å²) in [6, 6.07) is 0.553. The standard InChI is InChI=1S/C13H25NO2/c1-9(2)10(3)14-8-11-4-6-12(7-5-11)13(15)16/h9-12,14H,4-8H2,1-3H3,(H,15,16). The molecule has 1 rings (SSSR count). The number of hydrogen-bond donors (Lipinski definition) is 2. The average Bonchev–Trinajstić information content (AvgIpc) is 2.26. The van der Waals surface area contributed by atoms with Crippen LogP contribution in [0.15, 0.2) is 0 Å². The van der Waals surface area contributed by atoms with E-state index in [-0.39, 0.29) is 5.92 Å². The maximum Gasteiger partial charge on any atom is 0.306 e. The lowest BCUT2D eigenvalue weighted by Gasteiger charge is -2.28. The SMILES string of the molecule is CC(C)C(C)NCC1CCC(C(=O)O)CC1. The third kappa shape index (κ3) is 4.12. The van der Waals surface area contributed by atoms with Gasteiger partial charge in [-0.25, -0.2) is 0 Å². The third-order valence-electron chi connectivity index (χ3n) is 3.92. The quantitative estimate of drug-likeness (QED) is 0.758. The highest BCUT2D eigenvalue weighted by Gasteiger charge is 2.25. The maximum absolute atomic E-state index is 10.8. The van der Waals surface area contributed by atoms with Crippen molar-refractivity contribution in [1.82, 2.24) is 5.32 Å². The number of aliphatic carboxylic acids is 1. The Morgan fingerprint density at radius 3 is 2.25 bits per heavy atom. The van der Waals surface area contributed by atoms with Crippen LogP contribution in [0, 0.1) is 17.8 Å². The summed E-state index contributed by atoms with van der Waals surface area (Å²) in [6.45, 7) is 7.71. The molecular weight excluding hydrogens is 202 g/mol. The zero-order valence-corrected chi connectivity index (χ0v) is 10.7. The molecule has 0 amide bonds. The monoisotopic (exact) mass is 227 g/mol. The average molecular weight is 227 g/mol. The van der Waals surface area contributed by atoms with Gasteiger partial charge in [0.25, 0.3) is 0 Å². The summed E-state index contributed by atoms with van der Waals surface area (Å²) in [5, 5.41) is 12.4. The highest BCUT2D eigenvalue weighted by molar-refractivity contribution is 5.69. The Bertz CT molecular complexity index is 220. The normalized spacial score (nSPS) is 28.0. The Hall–Kier alpha value is -0.570. The smallest absolute Gasteiger partial charge is 0.306 e. The maximum atomic E-state index is 10.8. The molecule has 0 aliphatic heterocycles. The molecule has 0 aromatic carbocycles. The molecule has 0 aromatic heterocycles. The molecule has 0 aromatic rings. The first-order chi connectivity index (χ1) is 7.50.